The molecule has 1 saturated heterocycles. The SMILES string of the molecule is CCSCCC(C)N1C(=O)CNC1c1cc(C)ccc1C. The van der Waals surface area contributed by atoms with Crippen LogP contribution in [-0.4, -0.2) is 34.9 Å². The zero-order valence-electron chi connectivity index (χ0n) is 13.5. The molecule has 0 bridgehead atoms. The van der Waals surface area contributed by atoms with Crippen molar-refractivity contribution in [1.82, 2.24) is 10.2 Å². The molecular formula is C17H26N2OS. The number of carbonyl (C=O) groups excluding carboxylic acids is 1. The van der Waals surface area contributed by atoms with E-state index in [0.29, 0.717) is 6.54 Å². The van der Waals surface area contributed by atoms with Gasteiger partial charge in [0.15, 0.2) is 0 Å². The molecule has 116 valence electrons. The number of nitrogens with one attached hydrogen (secondary N) is 1. The third-order valence-electron chi connectivity index (χ3n) is 4.10. The number of hydrogen-bond donors (Lipinski definition) is 1. The normalized spacial score (nSPS) is 20.1. The van der Waals surface area contributed by atoms with E-state index in [2.05, 4.69) is 51.2 Å². The van der Waals surface area contributed by atoms with Gasteiger partial charge in [0.05, 0.1) is 6.54 Å². The molecule has 1 aliphatic rings. The van der Waals surface area contributed by atoms with E-state index in [0.717, 1.165) is 17.9 Å². The van der Waals surface area contributed by atoms with Gasteiger partial charge in [-0.3, -0.25) is 10.1 Å². The van der Waals surface area contributed by atoms with Crippen molar-refractivity contribution >= 4 is 17.7 Å². The van der Waals surface area contributed by atoms with Crippen LogP contribution in [0.25, 0.3) is 0 Å². The lowest BCUT2D eigenvalue weighted by Crippen LogP contribution is -2.38. The number of rotatable bonds is 6. The minimum absolute atomic E-state index is 0.0269. The van der Waals surface area contributed by atoms with Crippen LogP contribution in [0.15, 0.2) is 18.2 Å². The van der Waals surface area contributed by atoms with Crippen molar-refractivity contribution in [2.24, 2.45) is 0 Å². The molecule has 0 saturated carbocycles. The van der Waals surface area contributed by atoms with E-state index in [1.165, 1.54) is 16.7 Å². The number of amides is 1. The van der Waals surface area contributed by atoms with Gasteiger partial charge in [-0.25, -0.2) is 0 Å². The van der Waals surface area contributed by atoms with Crippen LogP contribution in [-0.2, 0) is 4.79 Å². The Hall–Kier alpha value is -1.00. The first kappa shape index (κ1) is 16.4. The van der Waals surface area contributed by atoms with E-state index in [1.807, 2.05) is 16.7 Å². The van der Waals surface area contributed by atoms with Gasteiger partial charge in [0, 0.05) is 6.04 Å². The number of nitrogens with zero attached hydrogens (tertiary/aromatic N) is 1. The first-order valence-corrected chi connectivity index (χ1v) is 8.89. The van der Waals surface area contributed by atoms with Gasteiger partial charge in [-0.2, -0.15) is 11.8 Å². The van der Waals surface area contributed by atoms with Crippen molar-refractivity contribution in [3.05, 3.63) is 34.9 Å². The van der Waals surface area contributed by atoms with E-state index in [1.54, 1.807) is 0 Å². The number of carbonyl (C=O) groups is 1. The Morgan fingerprint density at radius 3 is 2.90 bits per heavy atom. The summed E-state index contributed by atoms with van der Waals surface area (Å²) in [6.45, 7) is 9.01. The molecule has 1 fully saturated rings. The second-order valence-electron chi connectivity index (χ2n) is 5.78. The van der Waals surface area contributed by atoms with Gasteiger partial charge >= 0.3 is 0 Å². The molecule has 0 radical (unpaired) electrons. The van der Waals surface area contributed by atoms with E-state index in [9.17, 15) is 4.79 Å². The number of hydrogen-bond acceptors (Lipinski definition) is 3. The fraction of sp³-hybridized carbons (Fsp3) is 0.588. The summed E-state index contributed by atoms with van der Waals surface area (Å²) in [6, 6.07) is 6.75. The van der Waals surface area contributed by atoms with Crippen LogP contribution in [0.2, 0.25) is 0 Å². The summed E-state index contributed by atoms with van der Waals surface area (Å²) in [5.41, 5.74) is 3.72. The van der Waals surface area contributed by atoms with Gasteiger partial charge in [-0.05, 0) is 49.8 Å². The highest BCUT2D eigenvalue weighted by atomic mass is 32.2. The van der Waals surface area contributed by atoms with Crippen molar-refractivity contribution in [3.63, 3.8) is 0 Å². The topological polar surface area (TPSA) is 32.3 Å². The molecule has 2 atom stereocenters. The average molecular weight is 306 g/mol. The lowest BCUT2D eigenvalue weighted by molar-refractivity contribution is -0.130. The van der Waals surface area contributed by atoms with Crippen molar-refractivity contribution in [2.75, 3.05) is 18.1 Å². The third kappa shape index (κ3) is 3.80. The number of aryl methyl sites for hydroxylation is 2. The molecule has 1 amide bonds. The zero-order valence-corrected chi connectivity index (χ0v) is 14.3. The maximum absolute atomic E-state index is 12.3. The Bertz CT molecular complexity index is 504. The summed E-state index contributed by atoms with van der Waals surface area (Å²) in [5.74, 6) is 2.47. The predicted molar refractivity (Wildman–Crippen MR) is 90.6 cm³/mol. The van der Waals surface area contributed by atoms with Crippen LogP contribution in [0.3, 0.4) is 0 Å². The van der Waals surface area contributed by atoms with Crippen LogP contribution in [0, 0.1) is 13.8 Å². The van der Waals surface area contributed by atoms with Crippen molar-refractivity contribution in [1.29, 1.82) is 0 Å². The summed E-state index contributed by atoms with van der Waals surface area (Å²) >= 11 is 1.94. The summed E-state index contributed by atoms with van der Waals surface area (Å²) in [5, 5.41) is 3.38. The highest BCUT2D eigenvalue weighted by Crippen LogP contribution is 2.29. The molecule has 21 heavy (non-hydrogen) atoms. The molecule has 1 N–H and O–H groups in total. The lowest BCUT2D eigenvalue weighted by Gasteiger charge is -2.31. The van der Waals surface area contributed by atoms with Gasteiger partial charge < -0.3 is 4.90 Å². The number of benzene rings is 1. The van der Waals surface area contributed by atoms with Crippen LogP contribution in [0.5, 0.6) is 0 Å². The second kappa shape index (κ2) is 7.32. The van der Waals surface area contributed by atoms with Gasteiger partial charge in [0.25, 0.3) is 0 Å². The smallest absolute Gasteiger partial charge is 0.238 e. The van der Waals surface area contributed by atoms with E-state index in [4.69, 9.17) is 0 Å². The van der Waals surface area contributed by atoms with Crippen molar-refractivity contribution in [2.45, 2.75) is 46.3 Å². The highest BCUT2D eigenvalue weighted by Gasteiger charge is 2.35. The monoisotopic (exact) mass is 306 g/mol. The van der Waals surface area contributed by atoms with Gasteiger partial charge in [0.1, 0.15) is 6.17 Å². The molecule has 1 aliphatic heterocycles. The predicted octanol–water partition coefficient (Wildman–Crippen LogP) is 3.27. The molecular weight excluding hydrogens is 280 g/mol. The fourth-order valence-corrected chi connectivity index (χ4v) is 3.67. The average Bonchev–Trinajstić information content (AvgIpc) is 2.83. The Morgan fingerprint density at radius 1 is 1.43 bits per heavy atom. The van der Waals surface area contributed by atoms with E-state index < -0.39 is 0 Å². The molecule has 1 aromatic carbocycles. The molecule has 0 aromatic heterocycles. The van der Waals surface area contributed by atoms with E-state index >= 15 is 0 Å². The minimum Gasteiger partial charge on any atom is -0.319 e. The Kier molecular flexibility index (Phi) is 5.71. The van der Waals surface area contributed by atoms with E-state index in [-0.39, 0.29) is 18.1 Å². The largest absolute Gasteiger partial charge is 0.319 e. The van der Waals surface area contributed by atoms with Crippen LogP contribution < -0.4 is 5.32 Å². The maximum atomic E-state index is 12.3. The van der Waals surface area contributed by atoms with Crippen LogP contribution in [0.1, 0.15) is 43.1 Å². The molecule has 3 nitrogen and oxygen atoms in total. The Balaban J connectivity index is 2.18. The summed E-state index contributed by atoms with van der Waals surface area (Å²) < 4.78 is 0. The Morgan fingerprint density at radius 2 is 2.19 bits per heavy atom. The lowest BCUT2D eigenvalue weighted by atomic mass is 10.0. The standard InChI is InChI=1S/C17H26N2OS/c1-5-21-9-8-14(4)19-16(20)11-18-17(19)15-10-12(2)6-7-13(15)3/h6-7,10,14,17-18H,5,8-9,11H2,1-4H3. The molecule has 0 spiro atoms. The van der Waals surface area contributed by atoms with Gasteiger partial charge in [-0.1, -0.05) is 30.7 Å². The quantitative estimate of drug-likeness (QED) is 0.819. The maximum Gasteiger partial charge on any atom is 0.238 e. The molecule has 0 aliphatic carbocycles. The summed E-state index contributed by atoms with van der Waals surface area (Å²) in [6.07, 6.45) is 1.08. The van der Waals surface area contributed by atoms with Gasteiger partial charge in [-0.15, -0.1) is 0 Å². The summed E-state index contributed by atoms with van der Waals surface area (Å²) in [7, 11) is 0. The molecule has 1 heterocycles. The first-order valence-electron chi connectivity index (χ1n) is 7.74. The highest BCUT2D eigenvalue weighted by molar-refractivity contribution is 7.99. The Labute approximate surface area is 132 Å². The summed E-state index contributed by atoms with van der Waals surface area (Å²) in [4.78, 5) is 14.3. The van der Waals surface area contributed by atoms with Crippen molar-refractivity contribution in [3.8, 4) is 0 Å². The van der Waals surface area contributed by atoms with Crippen LogP contribution >= 0.6 is 11.8 Å². The molecule has 4 heteroatoms. The zero-order chi connectivity index (χ0) is 15.4. The van der Waals surface area contributed by atoms with Gasteiger partial charge in [0.2, 0.25) is 5.91 Å². The third-order valence-corrected chi connectivity index (χ3v) is 5.03. The first-order chi connectivity index (χ1) is 10.0. The second-order valence-corrected chi connectivity index (χ2v) is 7.17. The van der Waals surface area contributed by atoms with Crippen molar-refractivity contribution < 1.29 is 4.79 Å². The minimum atomic E-state index is 0.0269. The molecule has 2 rings (SSSR count). The molecule has 2 unspecified atom stereocenters. The molecule has 1 aromatic rings. The van der Waals surface area contributed by atoms with Crippen LogP contribution in [0.4, 0.5) is 0 Å². The fourth-order valence-electron chi connectivity index (χ4n) is 2.87. The number of thioether (sulfide) groups is 1.